The van der Waals surface area contributed by atoms with Crippen molar-refractivity contribution in [2.75, 3.05) is 7.11 Å². The van der Waals surface area contributed by atoms with Gasteiger partial charge >= 0.3 is 5.97 Å². The Balaban J connectivity index is 1.93. The van der Waals surface area contributed by atoms with Crippen molar-refractivity contribution in [1.82, 2.24) is 0 Å². The second kappa shape index (κ2) is 4.76. The molecule has 0 spiro atoms. The van der Waals surface area contributed by atoms with Gasteiger partial charge in [-0.1, -0.05) is 30.3 Å². The van der Waals surface area contributed by atoms with Gasteiger partial charge in [0.1, 0.15) is 11.5 Å². The highest BCUT2D eigenvalue weighted by molar-refractivity contribution is 5.86. The van der Waals surface area contributed by atoms with E-state index in [1.54, 1.807) is 19.2 Å². The van der Waals surface area contributed by atoms with Gasteiger partial charge in [0, 0.05) is 5.56 Å². The van der Waals surface area contributed by atoms with Crippen LogP contribution in [0.5, 0.6) is 11.5 Å². The van der Waals surface area contributed by atoms with Gasteiger partial charge in [0.05, 0.1) is 13.0 Å². The molecule has 0 aromatic heterocycles. The number of carbonyl (C=O) groups is 1. The summed E-state index contributed by atoms with van der Waals surface area (Å²) in [7, 11) is 1.62. The lowest BCUT2D eigenvalue weighted by Crippen LogP contribution is -2.12. The van der Waals surface area contributed by atoms with E-state index < -0.39 is 0 Å². The summed E-state index contributed by atoms with van der Waals surface area (Å²) < 4.78 is 10.5. The quantitative estimate of drug-likeness (QED) is 0.624. The number of methoxy groups -OCH3 is 1. The SMILES string of the molecule is COc1ccc2c(c1)C(Cc1ccccc1)C(=O)O2. The molecule has 1 atom stereocenters. The van der Waals surface area contributed by atoms with Crippen LogP contribution in [-0.4, -0.2) is 13.1 Å². The Labute approximate surface area is 111 Å². The standard InChI is InChI=1S/C16H14O3/c1-18-12-7-8-15-13(10-12)14(16(17)19-15)9-11-5-3-2-4-6-11/h2-8,10,14H,9H2,1H3. The number of rotatable bonds is 3. The molecule has 3 heteroatoms. The summed E-state index contributed by atoms with van der Waals surface area (Å²) in [4.78, 5) is 12.0. The zero-order chi connectivity index (χ0) is 13.2. The number of fused-ring (bicyclic) bond motifs is 1. The summed E-state index contributed by atoms with van der Waals surface area (Å²) in [5.41, 5.74) is 2.04. The molecule has 96 valence electrons. The third kappa shape index (κ3) is 2.19. The summed E-state index contributed by atoms with van der Waals surface area (Å²) in [5, 5.41) is 0. The summed E-state index contributed by atoms with van der Waals surface area (Å²) in [6, 6.07) is 15.4. The van der Waals surface area contributed by atoms with Crippen molar-refractivity contribution in [3.8, 4) is 11.5 Å². The maximum absolute atomic E-state index is 12.0. The normalized spacial score (nSPS) is 16.9. The molecule has 1 aliphatic rings. The number of esters is 1. The van der Waals surface area contributed by atoms with Crippen molar-refractivity contribution in [1.29, 1.82) is 0 Å². The molecule has 0 saturated heterocycles. The first kappa shape index (κ1) is 11.8. The third-order valence-corrected chi connectivity index (χ3v) is 3.37. The molecule has 0 aliphatic carbocycles. The molecule has 0 N–H and O–H groups in total. The van der Waals surface area contributed by atoms with Crippen LogP contribution in [0.4, 0.5) is 0 Å². The predicted molar refractivity (Wildman–Crippen MR) is 71.5 cm³/mol. The molecule has 2 aromatic carbocycles. The molecule has 2 aromatic rings. The zero-order valence-electron chi connectivity index (χ0n) is 10.6. The first-order chi connectivity index (χ1) is 9.28. The second-order valence-corrected chi connectivity index (χ2v) is 4.57. The number of ether oxygens (including phenoxy) is 2. The summed E-state index contributed by atoms with van der Waals surface area (Å²) in [6.07, 6.45) is 0.653. The van der Waals surface area contributed by atoms with Crippen molar-refractivity contribution in [2.24, 2.45) is 0 Å². The number of carbonyl (C=O) groups excluding carboxylic acids is 1. The number of hydrogen-bond acceptors (Lipinski definition) is 3. The highest BCUT2D eigenvalue weighted by Crippen LogP contribution is 2.38. The minimum Gasteiger partial charge on any atom is -0.497 e. The van der Waals surface area contributed by atoms with Gasteiger partial charge in [-0.25, -0.2) is 0 Å². The monoisotopic (exact) mass is 254 g/mol. The zero-order valence-corrected chi connectivity index (χ0v) is 10.6. The molecule has 3 nitrogen and oxygen atoms in total. The number of hydrogen-bond donors (Lipinski definition) is 0. The van der Waals surface area contributed by atoms with E-state index in [0.717, 1.165) is 16.9 Å². The average Bonchev–Trinajstić information content (AvgIpc) is 2.76. The lowest BCUT2D eigenvalue weighted by molar-refractivity contribution is -0.134. The number of benzene rings is 2. The fraction of sp³-hybridized carbons (Fsp3) is 0.188. The van der Waals surface area contributed by atoms with Crippen LogP contribution in [0.1, 0.15) is 17.0 Å². The van der Waals surface area contributed by atoms with E-state index in [0.29, 0.717) is 12.2 Å². The van der Waals surface area contributed by atoms with Crippen molar-refractivity contribution in [3.05, 3.63) is 59.7 Å². The van der Waals surface area contributed by atoms with Crippen LogP contribution in [0.3, 0.4) is 0 Å². The minimum absolute atomic E-state index is 0.188. The van der Waals surface area contributed by atoms with E-state index in [2.05, 4.69) is 0 Å². The topological polar surface area (TPSA) is 35.5 Å². The molecule has 0 bridgehead atoms. The molecular weight excluding hydrogens is 240 g/mol. The Morgan fingerprint density at radius 3 is 2.68 bits per heavy atom. The van der Waals surface area contributed by atoms with Crippen LogP contribution in [0, 0.1) is 0 Å². The fourth-order valence-corrected chi connectivity index (χ4v) is 2.37. The molecule has 0 amide bonds. The summed E-state index contributed by atoms with van der Waals surface area (Å²) >= 11 is 0. The Morgan fingerprint density at radius 2 is 1.95 bits per heavy atom. The molecular formula is C16H14O3. The maximum Gasteiger partial charge on any atom is 0.319 e. The van der Waals surface area contributed by atoms with E-state index in [4.69, 9.17) is 9.47 Å². The predicted octanol–water partition coefficient (Wildman–Crippen LogP) is 2.94. The van der Waals surface area contributed by atoms with Gasteiger partial charge in [0.2, 0.25) is 0 Å². The Hall–Kier alpha value is -2.29. The average molecular weight is 254 g/mol. The van der Waals surface area contributed by atoms with E-state index in [1.165, 1.54) is 0 Å². The molecule has 1 heterocycles. The first-order valence-electron chi connectivity index (χ1n) is 6.21. The summed E-state index contributed by atoms with van der Waals surface area (Å²) in [6.45, 7) is 0. The maximum atomic E-state index is 12.0. The van der Waals surface area contributed by atoms with E-state index in [9.17, 15) is 4.79 Å². The van der Waals surface area contributed by atoms with E-state index in [-0.39, 0.29) is 11.9 Å². The van der Waals surface area contributed by atoms with Crippen molar-refractivity contribution in [2.45, 2.75) is 12.3 Å². The van der Waals surface area contributed by atoms with Gasteiger partial charge in [0.15, 0.2) is 0 Å². The fourth-order valence-electron chi connectivity index (χ4n) is 2.37. The molecule has 1 unspecified atom stereocenters. The molecule has 0 radical (unpaired) electrons. The van der Waals surface area contributed by atoms with Crippen molar-refractivity contribution >= 4 is 5.97 Å². The van der Waals surface area contributed by atoms with Crippen LogP contribution in [0.15, 0.2) is 48.5 Å². The van der Waals surface area contributed by atoms with Gasteiger partial charge in [-0.15, -0.1) is 0 Å². The Morgan fingerprint density at radius 1 is 1.16 bits per heavy atom. The van der Waals surface area contributed by atoms with Gasteiger partial charge < -0.3 is 9.47 Å². The van der Waals surface area contributed by atoms with Crippen LogP contribution in [0.25, 0.3) is 0 Å². The smallest absolute Gasteiger partial charge is 0.319 e. The van der Waals surface area contributed by atoms with Crippen LogP contribution < -0.4 is 9.47 Å². The second-order valence-electron chi connectivity index (χ2n) is 4.57. The van der Waals surface area contributed by atoms with Gasteiger partial charge in [0.25, 0.3) is 0 Å². The highest BCUT2D eigenvalue weighted by atomic mass is 16.5. The van der Waals surface area contributed by atoms with Crippen molar-refractivity contribution in [3.63, 3.8) is 0 Å². The molecule has 3 rings (SSSR count). The van der Waals surface area contributed by atoms with Gasteiger partial charge in [-0.3, -0.25) is 4.79 Å². The molecule has 0 saturated carbocycles. The largest absolute Gasteiger partial charge is 0.497 e. The highest BCUT2D eigenvalue weighted by Gasteiger charge is 2.33. The summed E-state index contributed by atoms with van der Waals surface area (Å²) in [5.74, 6) is 0.960. The van der Waals surface area contributed by atoms with Crippen LogP contribution in [0.2, 0.25) is 0 Å². The Kier molecular flexibility index (Phi) is 2.95. The van der Waals surface area contributed by atoms with E-state index >= 15 is 0 Å². The first-order valence-corrected chi connectivity index (χ1v) is 6.21. The van der Waals surface area contributed by atoms with Crippen LogP contribution in [-0.2, 0) is 11.2 Å². The lowest BCUT2D eigenvalue weighted by Gasteiger charge is -2.08. The third-order valence-electron chi connectivity index (χ3n) is 3.37. The molecule has 19 heavy (non-hydrogen) atoms. The molecule has 0 fully saturated rings. The molecule has 1 aliphatic heterocycles. The van der Waals surface area contributed by atoms with E-state index in [1.807, 2.05) is 36.4 Å². The van der Waals surface area contributed by atoms with Gasteiger partial charge in [-0.05, 0) is 30.2 Å². The van der Waals surface area contributed by atoms with Gasteiger partial charge in [-0.2, -0.15) is 0 Å². The Bertz CT molecular complexity index is 605. The van der Waals surface area contributed by atoms with Crippen LogP contribution >= 0.6 is 0 Å². The minimum atomic E-state index is -0.243. The van der Waals surface area contributed by atoms with Crippen molar-refractivity contribution < 1.29 is 14.3 Å². The lowest BCUT2D eigenvalue weighted by atomic mass is 9.93.